The van der Waals surface area contributed by atoms with Crippen LogP contribution in [0.1, 0.15) is 27.8 Å². The fraction of sp³-hybridized carbons (Fsp3) is 0.368. The summed E-state index contributed by atoms with van der Waals surface area (Å²) in [5.74, 6) is 1.03. The van der Waals surface area contributed by atoms with Gasteiger partial charge in [-0.2, -0.15) is 0 Å². The van der Waals surface area contributed by atoms with E-state index in [1.165, 1.54) is 27.8 Å². The van der Waals surface area contributed by atoms with Gasteiger partial charge in [-0.1, -0.05) is 36.4 Å². The lowest BCUT2D eigenvalue weighted by Gasteiger charge is -2.16. The van der Waals surface area contributed by atoms with Gasteiger partial charge in [0, 0.05) is 0 Å². The number of aryl methyl sites for hydroxylation is 2. The minimum absolute atomic E-state index is 0.630. The topological polar surface area (TPSA) is 21.3 Å². The van der Waals surface area contributed by atoms with E-state index in [0.29, 0.717) is 6.61 Å². The molecule has 0 atom stereocenters. The van der Waals surface area contributed by atoms with Crippen LogP contribution < -0.4 is 10.1 Å². The van der Waals surface area contributed by atoms with E-state index in [1.54, 1.807) is 0 Å². The monoisotopic (exact) mass is 283 g/mol. The molecule has 0 unspecified atom stereocenters. The lowest BCUT2D eigenvalue weighted by molar-refractivity contribution is 0.300. The molecule has 2 aromatic rings. The van der Waals surface area contributed by atoms with Gasteiger partial charge in [0.1, 0.15) is 12.4 Å². The van der Waals surface area contributed by atoms with Gasteiger partial charge >= 0.3 is 0 Å². The molecule has 0 spiro atoms. The number of rotatable bonds is 6. The van der Waals surface area contributed by atoms with Gasteiger partial charge in [0.25, 0.3) is 0 Å². The average molecular weight is 283 g/mol. The molecule has 0 amide bonds. The zero-order valence-corrected chi connectivity index (χ0v) is 13.5. The van der Waals surface area contributed by atoms with Crippen LogP contribution in [-0.2, 0) is 13.0 Å². The van der Waals surface area contributed by atoms with Crippen LogP contribution in [0.3, 0.4) is 0 Å². The first-order valence-electron chi connectivity index (χ1n) is 7.54. The van der Waals surface area contributed by atoms with Gasteiger partial charge in [-0.15, -0.1) is 0 Å². The molecule has 0 bridgehead atoms. The number of ether oxygens (including phenoxy) is 1. The van der Waals surface area contributed by atoms with Crippen molar-refractivity contribution >= 4 is 0 Å². The average Bonchev–Trinajstić information content (AvgIpc) is 2.50. The van der Waals surface area contributed by atoms with Crippen molar-refractivity contribution in [3.63, 3.8) is 0 Å². The highest BCUT2D eigenvalue weighted by atomic mass is 16.5. The number of hydrogen-bond donors (Lipinski definition) is 1. The second-order valence-corrected chi connectivity index (χ2v) is 5.56. The Morgan fingerprint density at radius 2 is 1.57 bits per heavy atom. The third-order valence-corrected chi connectivity index (χ3v) is 4.01. The predicted molar refractivity (Wildman–Crippen MR) is 89.1 cm³/mol. The zero-order chi connectivity index (χ0) is 15.2. The number of hydrogen-bond acceptors (Lipinski definition) is 2. The highest BCUT2D eigenvalue weighted by Crippen LogP contribution is 2.27. The molecule has 2 aromatic carbocycles. The Hall–Kier alpha value is -1.80. The normalized spacial score (nSPS) is 10.7. The highest BCUT2D eigenvalue weighted by molar-refractivity contribution is 5.44. The van der Waals surface area contributed by atoms with E-state index in [1.807, 2.05) is 7.05 Å². The first-order valence-corrected chi connectivity index (χ1v) is 7.54. The second kappa shape index (κ2) is 7.28. The summed E-state index contributed by atoms with van der Waals surface area (Å²) < 4.78 is 6.13. The Labute approximate surface area is 128 Å². The van der Waals surface area contributed by atoms with Gasteiger partial charge in [-0.3, -0.25) is 0 Å². The molecule has 1 N–H and O–H groups in total. The Kier molecular flexibility index (Phi) is 5.40. The van der Waals surface area contributed by atoms with Crippen LogP contribution in [0.4, 0.5) is 0 Å². The van der Waals surface area contributed by atoms with Gasteiger partial charge in [-0.25, -0.2) is 0 Å². The van der Waals surface area contributed by atoms with Crippen LogP contribution in [0, 0.1) is 20.8 Å². The summed E-state index contributed by atoms with van der Waals surface area (Å²) >= 11 is 0. The fourth-order valence-corrected chi connectivity index (χ4v) is 2.50. The summed E-state index contributed by atoms with van der Waals surface area (Å²) in [6, 6.07) is 12.8. The third-order valence-electron chi connectivity index (χ3n) is 4.01. The van der Waals surface area contributed by atoms with Crippen LogP contribution in [0.5, 0.6) is 5.75 Å². The van der Waals surface area contributed by atoms with Crippen molar-refractivity contribution in [3.8, 4) is 5.75 Å². The molecule has 0 aromatic heterocycles. The van der Waals surface area contributed by atoms with Gasteiger partial charge < -0.3 is 10.1 Å². The molecular weight excluding hydrogens is 258 g/mol. The number of nitrogens with one attached hydrogen (secondary N) is 1. The SMILES string of the molecule is CNCCc1ccccc1COc1c(C)ccc(C)c1C. The molecule has 0 saturated heterocycles. The molecule has 0 radical (unpaired) electrons. The first kappa shape index (κ1) is 15.6. The number of benzene rings is 2. The van der Waals surface area contributed by atoms with Crippen molar-refractivity contribution in [2.75, 3.05) is 13.6 Å². The summed E-state index contributed by atoms with van der Waals surface area (Å²) in [4.78, 5) is 0. The molecular formula is C19H25NO. The van der Waals surface area contributed by atoms with Crippen LogP contribution in [0.2, 0.25) is 0 Å². The molecule has 2 rings (SSSR count). The quantitative estimate of drug-likeness (QED) is 0.866. The van der Waals surface area contributed by atoms with Crippen LogP contribution >= 0.6 is 0 Å². The van der Waals surface area contributed by atoms with E-state index in [2.05, 4.69) is 62.5 Å². The molecule has 112 valence electrons. The summed E-state index contributed by atoms with van der Waals surface area (Å²) in [5.41, 5.74) is 6.34. The first-order chi connectivity index (χ1) is 10.1. The van der Waals surface area contributed by atoms with Gasteiger partial charge in [-0.05, 0) is 68.6 Å². The van der Waals surface area contributed by atoms with Crippen molar-refractivity contribution < 1.29 is 4.74 Å². The standard InChI is InChI=1S/C19H25NO/c1-14-9-10-15(2)19(16(14)3)21-13-18-8-6-5-7-17(18)11-12-20-4/h5-10,20H,11-13H2,1-4H3. The molecule has 2 heteroatoms. The summed E-state index contributed by atoms with van der Waals surface area (Å²) in [6.45, 7) is 7.98. The molecule has 2 nitrogen and oxygen atoms in total. The smallest absolute Gasteiger partial charge is 0.125 e. The Morgan fingerprint density at radius 3 is 2.29 bits per heavy atom. The second-order valence-electron chi connectivity index (χ2n) is 5.56. The van der Waals surface area contributed by atoms with E-state index >= 15 is 0 Å². The van der Waals surface area contributed by atoms with Gasteiger partial charge in [0.2, 0.25) is 0 Å². The summed E-state index contributed by atoms with van der Waals surface area (Å²) in [7, 11) is 1.98. The molecule has 0 saturated carbocycles. The van der Waals surface area contributed by atoms with Crippen LogP contribution in [-0.4, -0.2) is 13.6 Å². The molecule has 0 heterocycles. The predicted octanol–water partition coefficient (Wildman–Crippen LogP) is 3.95. The third kappa shape index (κ3) is 3.85. The van der Waals surface area contributed by atoms with E-state index in [4.69, 9.17) is 4.74 Å². The van der Waals surface area contributed by atoms with Crippen molar-refractivity contribution in [1.29, 1.82) is 0 Å². The van der Waals surface area contributed by atoms with Crippen molar-refractivity contribution in [3.05, 3.63) is 64.2 Å². The largest absolute Gasteiger partial charge is 0.488 e. The van der Waals surface area contributed by atoms with Crippen molar-refractivity contribution in [2.24, 2.45) is 0 Å². The van der Waals surface area contributed by atoms with Crippen LogP contribution in [0.15, 0.2) is 36.4 Å². The Morgan fingerprint density at radius 1 is 0.905 bits per heavy atom. The minimum Gasteiger partial charge on any atom is -0.488 e. The van der Waals surface area contributed by atoms with Gasteiger partial charge in [0.15, 0.2) is 0 Å². The van der Waals surface area contributed by atoms with Crippen molar-refractivity contribution in [1.82, 2.24) is 5.32 Å². The van der Waals surface area contributed by atoms with E-state index in [0.717, 1.165) is 18.7 Å². The summed E-state index contributed by atoms with van der Waals surface area (Å²) in [6.07, 6.45) is 1.03. The van der Waals surface area contributed by atoms with Crippen LogP contribution in [0.25, 0.3) is 0 Å². The Bertz CT molecular complexity index is 605. The lowest BCUT2D eigenvalue weighted by Crippen LogP contribution is -2.12. The Balaban J connectivity index is 2.15. The fourth-order valence-electron chi connectivity index (χ4n) is 2.50. The molecule has 0 aliphatic carbocycles. The molecule has 0 aliphatic heterocycles. The minimum atomic E-state index is 0.630. The van der Waals surface area contributed by atoms with E-state index in [9.17, 15) is 0 Å². The van der Waals surface area contributed by atoms with E-state index in [-0.39, 0.29) is 0 Å². The van der Waals surface area contributed by atoms with Gasteiger partial charge in [0.05, 0.1) is 0 Å². The van der Waals surface area contributed by atoms with E-state index < -0.39 is 0 Å². The molecule has 0 aliphatic rings. The highest BCUT2D eigenvalue weighted by Gasteiger charge is 2.08. The molecule has 21 heavy (non-hydrogen) atoms. The summed E-state index contributed by atoms with van der Waals surface area (Å²) in [5, 5.41) is 3.20. The lowest BCUT2D eigenvalue weighted by atomic mass is 10.0. The molecule has 0 fully saturated rings. The maximum Gasteiger partial charge on any atom is 0.125 e. The number of likely N-dealkylation sites (N-methyl/N-ethyl adjacent to an activating group) is 1. The maximum absolute atomic E-state index is 6.13. The maximum atomic E-state index is 6.13. The van der Waals surface area contributed by atoms with Crippen molar-refractivity contribution in [2.45, 2.75) is 33.8 Å². The zero-order valence-electron chi connectivity index (χ0n) is 13.5.